The Morgan fingerprint density at radius 3 is 2.24 bits per heavy atom. The van der Waals surface area contributed by atoms with Crippen LogP contribution in [0.25, 0.3) is 0 Å². The van der Waals surface area contributed by atoms with Crippen molar-refractivity contribution < 1.29 is 25.2 Å². The minimum atomic E-state index is -0.625. The van der Waals surface area contributed by atoms with Crippen LogP contribution in [-0.2, 0) is 0 Å². The first-order chi connectivity index (χ1) is 9.95. The number of nitrogens with zero attached hydrogens (tertiary/aromatic N) is 1. The molecule has 7 nitrogen and oxygen atoms in total. The van der Waals surface area contributed by atoms with Gasteiger partial charge in [-0.1, -0.05) is 0 Å². The van der Waals surface area contributed by atoms with E-state index in [0.717, 1.165) is 6.07 Å². The number of phenolic OH excluding ortho intramolecular Hbond substituents is 4. The summed E-state index contributed by atoms with van der Waals surface area (Å²) >= 11 is 0. The van der Waals surface area contributed by atoms with E-state index in [-0.39, 0.29) is 28.6 Å². The molecule has 0 aliphatic rings. The zero-order valence-corrected chi connectivity index (χ0v) is 10.7. The lowest BCUT2D eigenvalue weighted by atomic mass is 10.2. The summed E-state index contributed by atoms with van der Waals surface area (Å²) in [5.41, 5.74) is 2.70. The van der Waals surface area contributed by atoms with Gasteiger partial charge in [0.25, 0.3) is 5.91 Å². The molecule has 2 aromatic carbocycles. The SMILES string of the molecule is O=C(N/N=C\c1ccc(O)c(O)c1)c1cc(O)cc(O)c1. The van der Waals surface area contributed by atoms with Crippen molar-refractivity contribution in [1.29, 1.82) is 0 Å². The summed E-state index contributed by atoms with van der Waals surface area (Å²) in [4.78, 5) is 11.7. The largest absolute Gasteiger partial charge is 0.508 e. The molecule has 1 amide bonds. The molecule has 21 heavy (non-hydrogen) atoms. The standard InChI is InChI=1S/C14H12N2O5/c17-10-4-9(5-11(18)6-10)14(21)16-15-7-8-1-2-12(19)13(20)3-8/h1-7,17-20H,(H,16,21)/b15-7-. The molecule has 2 aromatic rings. The van der Waals surface area contributed by atoms with Gasteiger partial charge in [0, 0.05) is 11.6 Å². The second kappa shape index (κ2) is 5.83. The van der Waals surface area contributed by atoms with E-state index >= 15 is 0 Å². The highest BCUT2D eigenvalue weighted by Crippen LogP contribution is 2.24. The third-order valence-corrected chi connectivity index (χ3v) is 2.54. The average molecular weight is 288 g/mol. The van der Waals surface area contributed by atoms with Gasteiger partial charge >= 0.3 is 0 Å². The van der Waals surface area contributed by atoms with Crippen LogP contribution in [0.5, 0.6) is 23.0 Å². The van der Waals surface area contributed by atoms with Crippen LogP contribution in [0.2, 0.25) is 0 Å². The smallest absolute Gasteiger partial charge is 0.271 e. The molecule has 0 aliphatic carbocycles. The lowest BCUT2D eigenvalue weighted by Gasteiger charge is -2.02. The molecule has 0 spiro atoms. The van der Waals surface area contributed by atoms with E-state index in [4.69, 9.17) is 5.11 Å². The number of phenols is 4. The Balaban J connectivity index is 2.06. The third-order valence-electron chi connectivity index (χ3n) is 2.54. The molecular formula is C14H12N2O5. The summed E-state index contributed by atoms with van der Waals surface area (Å²) in [5.74, 6) is -1.67. The molecule has 108 valence electrons. The zero-order chi connectivity index (χ0) is 15.4. The number of aromatic hydroxyl groups is 4. The summed E-state index contributed by atoms with van der Waals surface area (Å²) in [6.45, 7) is 0. The van der Waals surface area contributed by atoms with Gasteiger partial charge in [-0.2, -0.15) is 5.10 Å². The summed E-state index contributed by atoms with van der Waals surface area (Å²) in [6, 6.07) is 7.50. The van der Waals surface area contributed by atoms with E-state index in [1.165, 1.54) is 36.5 Å². The van der Waals surface area contributed by atoms with E-state index in [1.54, 1.807) is 0 Å². The van der Waals surface area contributed by atoms with Crippen LogP contribution < -0.4 is 5.43 Å². The number of benzene rings is 2. The number of nitrogens with one attached hydrogen (secondary N) is 1. The van der Waals surface area contributed by atoms with Crippen molar-refractivity contribution in [3.8, 4) is 23.0 Å². The molecule has 0 radical (unpaired) electrons. The minimum Gasteiger partial charge on any atom is -0.508 e. The molecule has 2 rings (SSSR count). The molecule has 0 fully saturated rings. The van der Waals surface area contributed by atoms with Crippen molar-refractivity contribution in [3.05, 3.63) is 47.5 Å². The highest BCUT2D eigenvalue weighted by atomic mass is 16.3. The van der Waals surface area contributed by atoms with Crippen molar-refractivity contribution in [2.45, 2.75) is 0 Å². The maximum Gasteiger partial charge on any atom is 0.271 e. The fourth-order valence-electron chi connectivity index (χ4n) is 1.58. The van der Waals surface area contributed by atoms with Crippen LogP contribution in [0.1, 0.15) is 15.9 Å². The van der Waals surface area contributed by atoms with Crippen LogP contribution in [0.15, 0.2) is 41.5 Å². The number of rotatable bonds is 3. The second-order valence-corrected chi connectivity index (χ2v) is 4.19. The van der Waals surface area contributed by atoms with Crippen molar-refractivity contribution in [2.24, 2.45) is 5.10 Å². The van der Waals surface area contributed by atoms with E-state index in [2.05, 4.69) is 10.5 Å². The maximum atomic E-state index is 11.7. The normalized spacial score (nSPS) is 10.7. The van der Waals surface area contributed by atoms with Gasteiger partial charge in [0.1, 0.15) is 11.5 Å². The maximum absolute atomic E-state index is 11.7. The molecule has 0 unspecified atom stereocenters. The number of carbonyl (C=O) groups excluding carboxylic acids is 1. The van der Waals surface area contributed by atoms with Gasteiger partial charge in [0.2, 0.25) is 0 Å². The number of carbonyl (C=O) groups is 1. The Morgan fingerprint density at radius 2 is 1.62 bits per heavy atom. The van der Waals surface area contributed by atoms with E-state index < -0.39 is 5.91 Å². The van der Waals surface area contributed by atoms with Crippen molar-refractivity contribution in [1.82, 2.24) is 5.43 Å². The topological polar surface area (TPSA) is 122 Å². The van der Waals surface area contributed by atoms with Gasteiger partial charge in [-0.15, -0.1) is 0 Å². The van der Waals surface area contributed by atoms with Crippen LogP contribution in [0.3, 0.4) is 0 Å². The molecular weight excluding hydrogens is 276 g/mol. The van der Waals surface area contributed by atoms with E-state index in [0.29, 0.717) is 5.56 Å². The lowest BCUT2D eigenvalue weighted by molar-refractivity contribution is 0.0954. The summed E-state index contributed by atoms with van der Waals surface area (Å²) in [7, 11) is 0. The first kappa shape index (κ1) is 14.2. The average Bonchev–Trinajstić information content (AvgIpc) is 2.41. The van der Waals surface area contributed by atoms with Gasteiger partial charge in [-0.3, -0.25) is 4.79 Å². The first-order valence-electron chi connectivity index (χ1n) is 5.84. The summed E-state index contributed by atoms with van der Waals surface area (Å²) in [5, 5.41) is 40.7. The summed E-state index contributed by atoms with van der Waals surface area (Å²) < 4.78 is 0. The highest BCUT2D eigenvalue weighted by molar-refractivity contribution is 5.95. The quantitative estimate of drug-likeness (QED) is 0.331. The van der Waals surface area contributed by atoms with Gasteiger partial charge in [0.05, 0.1) is 6.21 Å². The third kappa shape index (κ3) is 3.63. The van der Waals surface area contributed by atoms with Crippen molar-refractivity contribution >= 4 is 12.1 Å². The zero-order valence-electron chi connectivity index (χ0n) is 10.7. The van der Waals surface area contributed by atoms with Crippen LogP contribution >= 0.6 is 0 Å². The Hall–Kier alpha value is -3.22. The molecule has 0 aliphatic heterocycles. The Kier molecular flexibility index (Phi) is 3.94. The fraction of sp³-hybridized carbons (Fsp3) is 0. The second-order valence-electron chi connectivity index (χ2n) is 4.19. The minimum absolute atomic E-state index is 0.0400. The van der Waals surface area contributed by atoms with E-state index in [1.807, 2.05) is 0 Å². The first-order valence-corrected chi connectivity index (χ1v) is 5.84. The molecule has 0 heterocycles. The predicted octanol–water partition coefficient (Wildman–Crippen LogP) is 1.27. The van der Waals surface area contributed by atoms with Crippen molar-refractivity contribution in [3.63, 3.8) is 0 Å². The molecule has 0 atom stereocenters. The van der Waals surface area contributed by atoms with Crippen LogP contribution in [-0.4, -0.2) is 32.5 Å². The Morgan fingerprint density at radius 1 is 0.952 bits per heavy atom. The van der Waals surface area contributed by atoms with E-state index in [9.17, 15) is 20.1 Å². The molecule has 0 saturated heterocycles. The van der Waals surface area contributed by atoms with Crippen LogP contribution in [0, 0.1) is 0 Å². The van der Waals surface area contributed by atoms with Gasteiger partial charge in [-0.05, 0) is 35.9 Å². The fourth-order valence-corrected chi connectivity index (χ4v) is 1.58. The monoisotopic (exact) mass is 288 g/mol. The molecule has 5 N–H and O–H groups in total. The molecule has 0 bridgehead atoms. The molecule has 7 heteroatoms. The lowest BCUT2D eigenvalue weighted by Crippen LogP contribution is -2.17. The highest BCUT2D eigenvalue weighted by Gasteiger charge is 2.07. The van der Waals surface area contributed by atoms with Gasteiger partial charge in [-0.25, -0.2) is 5.43 Å². The Labute approximate surface area is 119 Å². The number of hydrogen-bond acceptors (Lipinski definition) is 6. The Bertz CT molecular complexity index is 692. The van der Waals surface area contributed by atoms with Gasteiger partial charge in [0.15, 0.2) is 11.5 Å². The van der Waals surface area contributed by atoms with Crippen LogP contribution in [0.4, 0.5) is 0 Å². The molecule has 0 saturated carbocycles. The number of amides is 1. The predicted molar refractivity (Wildman–Crippen MR) is 74.6 cm³/mol. The summed E-state index contributed by atoms with van der Waals surface area (Å²) in [6.07, 6.45) is 1.26. The number of hydrogen-bond donors (Lipinski definition) is 5. The molecule has 0 aromatic heterocycles. The number of hydrazone groups is 1. The van der Waals surface area contributed by atoms with Crippen molar-refractivity contribution in [2.75, 3.05) is 0 Å². The van der Waals surface area contributed by atoms with Gasteiger partial charge < -0.3 is 20.4 Å².